The van der Waals surface area contributed by atoms with Crippen molar-refractivity contribution in [3.05, 3.63) is 28.2 Å². The van der Waals surface area contributed by atoms with Gasteiger partial charge in [0.15, 0.2) is 0 Å². The molecule has 0 aliphatic carbocycles. The molecule has 2 rings (SSSR count). The average molecular weight is 288 g/mol. The monoisotopic (exact) mass is 287 g/mol. The number of benzene rings is 1. The van der Waals surface area contributed by atoms with E-state index >= 15 is 0 Å². The molecule has 1 heterocycles. The third-order valence-electron chi connectivity index (χ3n) is 3.38. The molecule has 1 fully saturated rings. The summed E-state index contributed by atoms with van der Waals surface area (Å²) in [5.74, 6) is 1.41. The van der Waals surface area contributed by atoms with Crippen LogP contribution in [0.2, 0.25) is 10.0 Å². The smallest absolute Gasteiger partial charge is 0.121 e. The summed E-state index contributed by atoms with van der Waals surface area (Å²) in [6.07, 6.45) is 3.66. The van der Waals surface area contributed by atoms with Gasteiger partial charge in [0.2, 0.25) is 0 Å². The molecule has 0 radical (unpaired) electrons. The minimum Gasteiger partial charge on any atom is -0.490 e. The predicted molar refractivity (Wildman–Crippen MR) is 76.8 cm³/mol. The molecular formula is C14H19Cl2NO. The molecule has 2 atom stereocenters. The zero-order valence-corrected chi connectivity index (χ0v) is 12.1. The van der Waals surface area contributed by atoms with E-state index in [1.807, 2.05) is 6.07 Å². The van der Waals surface area contributed by atoms with Crippen molar-refractivity contribution < 1.29 is 4.74 Å². The molecule has 18 heavy (non-hydrogen) atoms. The van der Waals surface area contributed by atoms with Gasteiger partial charge in [-0.3, -0.25) is 0 Å². The van der Waals surface area contributed by atoms with Crippen LogP contribution in [0.3, 0.4) is 0 Å². The van der Waals surface area contributed by atoms with Crippen molar-refractivity contribution >= 4 is 23.2 Å². The van der Waals surface area contributed by atoms with Gasteiger partial charge in [-0.2, -0.15) is 0 Å². The van der Waals surface area contributed by atoms with Gasteiger partial charge in [0.1, 0.15) is 11.9 Å². The van der Waals surface area contributed by atoms with E-state index in [1.165, 1.54) is 6.42 Å². The lowest BCUT2D eigenvalue weighted by atomic mass is 9.97. The van der Waals surface area contributed by atoms with Crippen molar-refractivity contribution in [3.8, 4) is 5.75 Å². The molecule has 1 N–H and O–H groups in total. The normalized spacial score (nSPS) is 20.9. The van der Waals surface area contributed by atoms with E-state index in [0.29, 0.717) is 16.0 Å². The fourth-order valence-electron chi connectivity index (χ4n) is 2.39. The Labute approximate surface area is 119 Å². The molecule has 0 bridgehead atoms. The van der Waals surface area contributed by atoms with E-state index in [9.17, 15) is 0 Å². The highest BCUT2D eigenvalue weighted by molar-refractivity contribution is 6.42. The van der Waals surface area contributed by atoms with E-state index < -0.39 is 0 Å². The molecule has 0 amide bonds. The first-order chi connectivity index (χ1) is 8.70. The summed E-state index contributed by atoms with van der Waals surface area (Å²) in [5.41, 5.74) is 0. The van der Waals surface area contributed by atoms with Crippen LogP contribution in [0.4, 0.5) is 0 Å². The molecule has 0 saturated carbocycles. The number of hydrogen-bond acceptors (Lipinski definition) is 2. The Bertz CT molecular complexity index is 391. The molecule has 1 aliphatic heterocycles. The summed E-state index contributed by atoms with van der Waals surface area (Å²) in [6.45, 7) is 4.33. The van der Waals surface area contributed by atoms with Crippen molar-refractivity contribution in [1.82, 2.24) is 5.32 Å². The first kappa shape index (κ1) is 14.0. The first-order valence-corrected chi connectivity index (χ1v) is 7.28. The van der Waals surface area contributed by atoms with E-state index in [4.69, 9.17) is 27.9 Å². The van der Waals surface area contributed by atoms with Crippen LogP contribution in [0.5, 0.6) is 5.75 Å². The minimum absolute atomic E-state index is 0.266. The molecule has 1 aromatic rings. The van der Waals surface area contributed by atoms with Gasteiger partial charge in [0.05, 0.1) is 10.0 Å². The van der Waals surface area contributed by atoms with Crippen molar-refractivity contribution in [1.29, 1.82) is 0 Å². The summed E-state index contributed by atoms with van der Waals surface area (Å²) in [7, 11) is 0. The van der Waals surface area contributed by atoms with Crippen LogP contribution in [0.1, 0.15) is 26.2 Å². The summed E-state index contributed by atoms with van der Waals surface area (Å²) >= 11 is 11.9. The summed E-state index contributed by atoms with van der Waals surface area (Å²) < 4.78 is 6.09. The van der Waals surface area contributed by atoms with Crippen LogP contribution in [-0.4, -0.2) is 19.2 Å². The molecule has 100 valence electrons. The topological polar surface area (TPSA) is 21.3 Å². The zero-order chi connectivity index (χ0) is 13.0. The Morgan fingerprint density at radius 3 is 2.83 bits per heavy atom. The standard InChI is InChI=1S/C14H19Cl2NO/c1-2-3-14(10-6-7-17-9-10)18-11-4-5-12(15)13(16)8-11/h4-5,8,10,14,17H,2-3,6-7,9H2,1H3/t10?,14-/m1/s1. The van der Waals surface area contributed by atoms with Crippen LogP contribution in [0.15, 0.2) is 18.2 Å². The van der Waals surface area contributed by atoms with Crippen LogP contribution in [-0.2, 0) is 0 Å². The average Bonchev–Trinajstić information content (AvgIpc) is 2.87. The van der Waals surface area contributed by atoms with Gasteiger partial charge in [-0.25, -0.2) is 0 Å². The van der Waals surface area contributed by atoms with E-state index in [-0.39, 0.29) is 6.10 Å². The van der Waals surface area contributed by atoms with Crippen molar-refractivity contribution in [3.63, 3.8) is 0 Å². The maximum Gasteiger partial charge on any atom is 0.121 e. The van der Waals surface area contributed by atoms with Gasteiger partial charge in [-0.15, -0.1) is 0 Å². The summed E-state index contributed by atoms with van der Waals surface area (Å²) in [6, 6.07) is 5.48. The van der Waals surface area contributed by atoms with Crippen molar-refractivity contribution in [2.75, 3.05) is 13.1 Å². The predicted octanol–water partition coefficient (Wildman–Crippen LogP) is 4.15. The zero-order valence-electron chi connectivity index (χ0n) is 10.6. The van der Waals surface area contributed by atoms with Gasteiger partial charge in [0, 0.05) is 18.5 Å². The Morgan fingerprint density at radius 1 is 1.39 bits per heavy atom. The third kappa shape index (κ3) is 3.53. The number of halogens is 2. The quantitative estimate of drug-likeness (QED) is 0.878. The molecule has 2 nitrogen and oxygen atoms in total. The molecular weight excluding hydrogens is 269 g/mol. The third-order valence-corrected chi connectivity index (χ3v) is 4.11. The maximum absolute atomic E-state index is 6.09. The van der Waals surface area contributed by atoms with Crippen LogP contribution in [0, 0.1) is 5.92 Å². The van der Waals surface area contributed by atoms with Gasteiger partial charge in [-0.1, -0.05) is 36.5 Å². The molecule has 1 saturated heterocycles. The lowest BCUT2D eigenvalue weighted by Crippen LogP contribution is -2.28. The maximum atomic E-state index is 6.09. The fraction of sp³-hybridized carbons (Fsp3) is 0.571. The highest BCUT2D eigenvalue weighted by atomic mass is 35.5. The summed E-state index contributed by atoms with van der Waals surface area (Å²) in [4.78, 5) is 0. The van der Waals surface area contributed by atoms with Crippen molar-refractivity contribution in [2.45, 2.75) is 32.3 Å². The number of rotatable bonds is 5. The van der Waals surface area contributed by atoms with Gasteiger partial charge >= 0.3 is 0 Å². The molecule has 1 unspecified atom stereocenters. The summed E-state index contributed by atoms with van der Waals surface area (Å²) in [5, 5.41) is 4.51. The number of ether oxygens (including phenoxy) is 1. The molecule has 1 aromatic carbocycles. The second-order valence-corrected chi connectivity index (χ2v) is 5.59. The van der Waals surface area contributed by atoms with Crippen LogP contribution >= 0.6 is 23.2 Å². The van der Waals surface area contributed by atoms with Crippen molar-refractivity contribution in [2.24, 2.45) is 5.92 Å². The second kappa shape index (κ2) is 6.65. The Hall–Kier alpha value is -0.440. The van der Waals surface area contributed by atoms with E-state index in [1.54, 1.807) is 12.1 Å². The number of nitrogens with one attached hydrogen (secondary N) is 1. The largest absolute Gasteiger partial charge is 0.490 e. The SMILES string of the molecule is CCC[C@@H](Oc1ccc(Cl)c(Cl)c1)C1CCNC1. The molecule has 0 aromatic heterocycles. The van der Waals surface area contributed by atoms with E-state index in [2.05, 4.69) is 12.2 Å². The minimum atomic E-state index is 0.266. The van der Waals surface area contributed by atoms with Gasteiger partial charge in [0.25, 0.3) is 0 Å². The Morgan fingerprint density at radius 2 is 2.22 bits per heavy atom. The van der Waals surface area contributed by atoms with Crippen LogP contribution < -0.4 is 10.1 Å². The van der Waals surface area contributed by atoms with Crippen LogP contribution in [0.25, 0.3) is 0 Å². The molecule has 0 spiro atoms. The van der Waals surface area contributed by atoms with Gasteiger partial charge in [-0.05, 0) is 31.5 Å². The Kier molecular flexibility index (Phi) is 5.16. The lowest BCUT2D eigenvalue weighted by molar-refractivity contribution is 0.132. The second-order valence-electron chi connectivity index (χ2n) is 4.77. The highest BCUT2D eigenvalue weighted by Gasteiger charge is 2.25. The number of hydrogen-bond donors (Lipinski definition) is 1. The van der Waals surface area contributed by atoms with E-state index in [0.717, 1.165) is 31.7 Å². The Balaban J connectivity index is 2.04. The molecule has 4 heteroatoms. The first-order valence-electron chi connectivity index (χ1n) is 6.53. The highest BCUT2D eigenvalue weighted by Crippen LogP contribution is 2.29. The fourth-order valence-corrected chi connectivity index (χ4v) is 2.68. The molecule has 1 aliphatic rings. The lowest BCUT2D eigenvalue weighted by Gasteiger charge is -2.24. The van der Waals surface area contributed by atoms with Gasteiger partial charge < -0.3 is 10.1 Å².